The molecule has 1 aliphatic heterocycles. The van der Waals surface area contributed by atoms with E-state index in [9.17, 15) is 5.11 Å². The van der Waals surface area contributed by atoms with E-state index in [1.807, 2.05) is 47.4 Å². The molecule has 0 spiro atoms. The molecule has 0 radical (unpaired) electrons. The highest BCUT2D eigenvalue weighted by molar-refractivity contribution is 5.81. The Morgan fingerprint density at radius 3 is 2.83 bits per heavy atom. The van der Waals surface area contributed by atoms with Crippen LogP contribution in [0.4, 0.5) is 17.2 Å². The van der Waals surface area contributed by atoms with Gasteiger partial charge in [0.15, 0.2) is 11.5 Å². The first-order chi connectivity index (χ1) is 17.7. The summed E-state index contributed by atoms with van der Waals surface area (Å²) in [5.41, 5.74) is 6.24. The first-order valence-electron chi connectivity index (χ1n) is 12.0. The molecule has 5 aromatic rings. The smallest absolute Gasteiger partial charge is 0.180 e. The lowest BCUT2D eigenvalue weighted by Gasteiger charge is -2.36. The van der Waals surface area contributed by atoms with Crippen molar-refractivity contribution >= 4 is 33.9 Å². The fraction of sp³-hybridized carbons (Fsp3) is 0.269. The molecular formula is C26H28N8O2. The number of rotatable bonds is 7. The molecule has 184 valence electrons. The fourth-order valence-electron chi connectivity index (χ4n) is 4.74. The predicted molar refractivity (Wildman–Crippen MR) is 140 cm³/mol. The number of aliphatic hydroxyl groups excluding tert-OH is 1. The monoisotopic (exact) mass is 484 g/mol. The number of aliphatic hydroxyl groups is 1. The minimum Gasteiger partial charge on any atom is -0.495 e. The Morgan fingerprint density at radius 2 is 2.00 bits per heavy atom. The van der Waals surface area contributed by atoms with E-state index in [1.165, 1.54) is 0 Å². The molecule has 5 heterocycles. The number of imidazole rings is 1. The van der Waals surface area contributed by atoms with Crippen molar-refractivity contribution in [3.05, 3.63) is 61.3 Å². The zero-order chi connectivity index (χ0) is 24.5. The molecule has 0 unspecified atom stereocenters. The number of benzene rings is 1. The highest BCUT2D eigenvalue weighted by Crippen LogP contribution is 2.34. The van der Waals surface area contributed by atoms with Gasteiger partial charge in [-0.3, -0.25) is 9.88 Å². The molecule has 1 saturated heterocycles. The minimum atomic E-state index is 0.194. The largest absolute Gasteiger partial charge is 0.495 e. The summed E-state index contributed by atoms with van der Waals surface area (Å²) in [5.74, 6) is 1.45. The number of ether oxygens (including phenoxy) is 1. The summed E-state index contributed by atoms with van der Waals surface area (Å²) < 4.78 is 7.72. The molecule has 6 rings (SSSR count). The molecule has 0 aliphatic carbocycles. The number of β-amino-alcohol motifs (C(OH)–C–C–N with tert-alkyl or cyclic N) is 1. The Bertz CT molecular complexity index is 1500. The highest BCUT2D eigenvalue weighted by Gasteiger charge is 2.20. The topological polar surface area (TPSA) is 107 Å². The Morgan fingerprint density at radius 1 is 1.11 bits per heavy atom. The van der Waals surface area contributed by atoms with Crippen LogP contribution in [0.3, 0.4) is 0 Å². The van der Waals surface area contributed by atoms with E-state index in [-0.39, 0.29) is 6.61 Å². The molecule has 0 atom stereocenters. The number of methoxy groups -OCH3 is 1. The van der Waals surface area contributed by atoms with Gasteiger partial charge in [-0.2, -0.15) is 0 Å². The first kappa shape index (κ1) is 22.3. The van der Waals surface area contributed by atoms with Crippen LogP contribution in [0, 0.1) is 0 Å². The molecule has 1 aliphatic rings. The van der Waals surface area contributed by atoms with Gasteiger partial charge in [0.1, 0.15) is 5.75 Å². The molecule has 0 bridgehead atoms. The molecule has 0 amide bonds. The van der Waals surface area contributed by atoms with Crippen LogP contribution in [0.25, 0.3) is 27.9 Å². The van der Waals surface area contributed by atoms with Crippen LogP contribution < -0.4 is 15.0 Å². The zero-order valence-electron chi connectivity index (χ0n) is 20.1. The van der Waals surface area contributed by atoms with Crippen LogP contribution in [0.1, 0.15) is 0 Å². The normalized spacial score (nSPS) is 14.6. The number of aromatic nitrogens is 5. The second kappa shape index (κ2) is 9.48. The van der Waals surface area contributed by atoms with Crippen LogP contribution >= 0.6 is 0 Å². The summed E-state index contributed by atoms with van der Waals surface area (Å²) in [6.07, 6.45) is 9.35. The van der Waals surface area contributed by atoms with Gasteiger partial charge in [-0.25, -0.2) is 9.97 Å². The highest BCUT2D eigenvalue weighted by atomic mass is 16.5. The number of nitrogens with zero attached hydrogens (tertiary/aromatic N) is 6. The average Bonchev–Trinajstić information content (AvgIpc) is 3.58. The Labute approximate surface area is 208 Å². The van der Waals surface area contributed by atoms with E-state index >= 15 is 0 Å². The molecule has 1 fully saturated rings. The van der Waals surface area contributed by atoms with Crippen LogP contribution in [0.2, 0.25) is 0 Å². The van der Waals surface area contributed by atoms with E-state index in [1.54, 1.807) is 13.3 Å². The summed E-state index contributed by atoms with van der Waals surface area (Å²) in [6, 6.07) is 10.1. The van der Waals surface area contributed by atoms with E-state index in [0.29, 0.717) is 5.82 Å². The van der Waals surface area contributed by atoms with Crippen LogP contribution in [-0.4, -0.2) is 80.8 Å². The van der Waals surface area contributed by atoms with Crippen LogP contribution in [-0.2, 0) is 0 Å². The van der Waals surface area contributed by atoms with Gasteiger partial charge in [-0.05, 0) is 24.3 Å². The Balaban J connectivity index is 1.29. The van der Waals surface area contributed by atoms with E-state index in [2.05, 4.69) is 42.2 Å². The molecular weight excluding hydrogens is 456 g/mol. The number of pyridine rings is 1. The second-order valence-corrected chi connectivity index (χ2v) is 8.83. The number of hydrogen-bond acceptors (Lipinski definition) is 8. The number of H-pyrrole nitrogens is 1. The second-order valence-electron chi connectivity index (χ2n) is 8.83. The molecule has 36 heavy (non-hydrogen) atoms. The number of nitrogens with one attached hydrogen (secondary N) is 2. The van der Waals surface area contributed by atoms with Crippen molar-refractivity contribution in [2.24, 2.45) is 0 Å². The van der Waals surface area contributed by atoms with Gasteiger partial charge in [-0.1, -0.05) is 0 Å². The van der Waals surface area contributed by atoms with Gasteiger partial charge in [-0.15, -0.1) is 0 Å². The van der Waals surface area contributed by atoms with Gasteiger partial charge in [0, 0.05) is 81.0 Å². The maximum Gasteiger partial charge on any atom is 0.180 e. The average molecular weight is 485 g/mol. The first-order valence-corrected chi connectivity index (χ1v) is 12.0. The van der Waals surface area contributed by atoms with Crippen LogP contribution in [0.5, 0.6) is 5.75 Å². The lowest BCUT2D eigenvalue weighted by molar-refractivity contribution is 0.188. The summed E-state index contributed by atoms with van der Waals surface area (Å²) in [6.45, 7) is 4.53. The molecule has 4 aromatic heterocycles. The van der Waals surface area contributed by atoms with Gasteiger partial charge in [0.2, 0.25) is 0 Å². The lowest BCUT2D eigenvalue weighted by Crippen LogP contribution is -2.47. The van der Waals surface area contributed by atoms with Gasteiger partial charge in [0.25, 0.3) is 0 Å². The standard InChI is InChI=1S/C26H28N8O2/c1-36-24-15-19(2-3-23(24)33-10-8-32(9-11-33)12-13-35)30-25-26-28-6-7-34(26)17-22(31-25)18-14-21-20(29-16-18)4-5-27-21/h2-7,14-17,27,35H,8-13H2,1H3,(H,30,31). The maximum atomic E-state index is 9.20. The van der Waals surface area contributed by atoms with E-state index in [4.69, 9.17) is 9.72 Å². The molecule has 0 saturated carbocycles. The Hall–Kier alpha value is -4.15. The number of anilines is 3. The SMILES string of the molecule is COc1cc(Nc2nc(-c3cnc4cc[nH]c4c3)cn3ccnc23)ccc1N1CCN(CCO)CC1. The summed E-state index contributed by atoms with van der Waals surface area (Å²) in [7, 11) is 1.69. The number of fused-ring (bicyclic) bond motifs is 2. The van der Waals surface area contributed by atoms with Crippen molar-refractivity contribution in [1.29, 1.82) is 0 Å². The van der Waals surface area contributed by atoms with Crippen molar-refractivity contribution in [2.45, 2.75) is 0 Å². The quantitative estimate of drug-likeness (QED) is 0.324. The summed E-state index contributed by atoms with van der Waals surface area (Å²) in [4.78, 5) is 21.7. The van der Waals surface area contributed by atoms with Gasteiger partial charge < -0.3 is 29.4 Å². The van der Waals surface area contributed by atoms with E-state index < -0.39 is 0 Å². The molecule has 10 nitrogen and oxygen atoms in total. The maximum absolute atomic E-state index is 9.20. The van der Waals surface area contributed by atoms with Crippen molar-refractivity contribution in [3.8, 4) is 17.0 Å². The molecule has 3 N–H and O–H groups in total. The van der Waals surface area contributed by atoms with Crippen molar-refractivity contribution in [2.75, 3.05) is 56.7 Å². The number of piperazine rings is 1. The van der Waals surface area contributed by atoms with Gasteiger partial charge >= 0.3 is 0 Å². The van der Waals surface area contributed by atoms with Crippen molar-refractivity contribution in [1.82, 2.24) is 29.2 Å². The van der Waals surface area contributed by atoms with Gasteiger partial charge in [0.05, 0.1) is 36.1 Å². The molecule has 1 aromatic carbocycles. The third-order valence-corrected chi connectivity index (χ3v) is 6.64. The number of aromatic amines is 1. The third-order valence-electron chi connectivity index (χ3n) is 6.64. The van der Waals surface area contributed by atoms with Crippen molar-refractivity contribution in [3.63, 3.8) is 0 Å². The van der Waals surface area contributed by atoms with Crippen LogP contribution in [0.15, 0.2) is 61.3 Å². The Kier molecular flexibility index (Phi) is 5.88. The zero-order valence-corrected chi connectivity index (χ0v) is 20.1. The number of hydrogen-bond donors (Lipinski definition) is 3. The van der Waals surface area contributed by atoms with E-state index in [0.717, 1.165) is 77.8 Å². The van der Waals surface area contributed by atoms with Crippen molar-refractivity contribution < 1.29 is 9.84 Å². The fourth-order valence-corrected chi connectivity index (χ4v) is 4.74. The minimum absolute atomic E-state index is 0.194. The molecule has 10 heteroatoms. The third kappa shape index (κ3) is 4.21. The summed E-state index contributed by atoms with van der Waals surface area (Å²) >= 11 is 0. The summed E-state index contributed by atoms with van der Waals surface area (Å²) in [5, 5.41) is 12.7. The predicted octanol–water partition coefficient (Wildman–Crippen LogP) is 3.14. The lowest BCUT2D eigenvalue weighted by atomic mass is 10.2.